The van der Waals surface area contributed by atoms with Crippen LogP contribution in [0, 0.1) is 5.82 Å². The summed E-state index contributed by atoms with van der Waals surface area (Å²) < 4.78 is 14.0. The quantitative estimate of drug-likeness (QED) is 0.745. The number of rotatable bonds is 4. The van der Waals surface area contributed by atoms with Crippen LogP contribution in [0.2, 0.25) is 0 Å². The lowest BCUT2D eigenvalue weighted by molar-refractivity contribution is -0.929. The standard InChI is InChI=1S/C24H23FN2O/c25-22-14-8-7-13-21(22)24(28)27-17-15-26(16-18-27)23(19-9-3-1-4-10-19)20-11-5-2-6-12-20/h1-14,23H,15-18H2/p+1. The number of halogens is 1. The Morgan fingerprint density at radius 2 is 1.29 bits per heavy atom. The van der Waals surface area contributed by atoms with Gasteiger partial charge < -0.3 is 9.80 Å². The van der Waals surface area contributed by atoms with E-state index in [9.17, 15) is 9.18 Å². The summed E-state index contributed by atoms with van der Waals surface area (Å²) in [6.45, 7) is 2.90. The third kappa shape index (κ3) is 3.82. The molecule has 0 atom stereocenters. The van der Waals surface area contributed by atoms with E-state index in [0.717, 1.165) is 13.1 Å². The minimum Gasteiger partial charge on any atom is -0.327 e. The van der Waals surface area contributed by atoms with Gasteiger partial charge in [0.15, 0.2) is 0 Å². The number of piperazine rings is 1. The first-order chi connectivity index (χ1) is 13.7. The molecule has 3 nitrogen and oxygen atoms in total. The lowest BCUT2D eigenvalue weighted by Gasteiger charge is -2.37. The van der Waals surface area contributed by atoms with Crippen molar-refractivity contribution in [3.05, 3.63) is 107 Å². The highest BCUT2D eigenvalue weighted by Crippen LogP contribution is 2.19. The first-order valence-electron chi connectivity index (χ1n) is 9.72. The van der Waals surface area contributed by atoms with Crippen molar-refractivity contribution >= 4 is 5.91 Å². The molecular weight excluding hydrogens is 351 g/mol. The summed E-state index contributed by atoms with van der Waals surface area (Å²) in [7, 11) is 0. The summed E-state index contributed by atoms with van der Waals surface area (Å²) in [6.07, 6.45) is 0. The molecule has 4 rings (SSSR count). The van der Waals surface area contributed by atoms with Gasteiger partial charge in [0.05, 0.1) is 31.7 Å². The van der Waals surface area contributed by atoms with Crippen LogP contribution in [0.3, 0.4) is 0 Å². The molecule has 1 N–H and O–H groups in total. The second-order valence-electron chi connectivity index (χ2n) is 7.18. The Balaban J connectivity index is 1.52. The zero-order valence-corrected chi connectivity index (χ0v) is 15.7. The minimum atomic E-state index is -0.450. The number of hydrogen-bond donors (Lipinski definition) is 1. The van der Waals surface area contributed by atoms with E-state index in [1.54, 1.807) is 23.1 Å². The number of nitrogens with one attached hydrogen (secondary N) is 1. The van der Waals surface area contributed by atoms with Gasteiger partial charge in [-0.05, 0) is 12.1 Å². The molecule has 142 valence electrons. The Kier molecular flexibility index (Phi) is 5.49. The Morgan fingerprint density at radius 3 is 1.82 bits per heavy atom. The molecule has 1 aliphatic heterocycles. The van der Waals surface area contributed by atoms with Gasteiger partial charge in [0.2, 0.25) is 0 Å². The van der Waals surface area contributed by atoms with Crippen LogP contribution in [0.1, 0.15) is 27.5 Å². The summed E-state index contributed by atoms with van der Waals surface area (Å²) in [5, 5.41) is 0. The van der Waals surface area contributed by atoms with Gasteiger partial charge in [-0.1, -0.05) is 72.8 Å². The van der Waals surface area contributed by atoms with Crippen LogP contribution in [0.5, 0.6) is 0 Å². The van der Waals surface area contributed by atoms with E-state index < -0.39 is 5.82 Å². The molecule has 3 aromatic rings. The van der Waals surface area contributed by atoms with Gasteiger partial charge in [0.25, 0.3) is 5.91 Å². The second kappa shape index (κ2) is 8.36. The van der Waals surface area contributed by atoms with Crippen LogP contribution in [0.25, 0.3) is 0 Å². The van der Waals surface area contributed by atoms with Crippen LogP contribution in [-0.2, 0) is 0 Å². The highest BCUT2D eigenvalue weighted by molar-refractivity contribution is 5.94. The summed E-state index contributed by atoms with van der Waals surface area (Å²) in [5.41, 5.74) is 2.71. The summed E-state index contributed by atoms with van der Waals surface area (Å²) in [4.78, 5) is 15.9. The fourth-order valence-corrected chi connectivity index (χ4v) is 4.05. The largest absolute Gasteiger partial charge is 0.327 e. The normalized spacial score (nSPS) is 15.0. The monoisotopic (exact) mass is 375 g/mol. The average Bonchev–Trinajstić information content (AvgIpc) is 2.76. The smallest absolute Gasteiger partial charge is 0.257 e. The van der Waals surface area contributed by atoms with Crippen LogP contribution < -0.4 is 4.90 Å². The van der Waals surface area contributed by atoms with Gasteiger partial charge in [0, 0.05) is 11.1 Å². The van der Waals surface area contributed by atoms with Gasteiger partial charge >= 0.3 is 0 Å². The van der Waals surface area contributed by atoms with Crippen molar-refractivity contribution in [1.82, 2.24) is 4.90 Å². The Labute approximate surface area is 165 Å². The average molecular weight is 375 g/mol. The molecule has 3 aromatic carbocycles. The molecule has 4 heteroatoms. The molecule has 0 bridgehead atoms. The predicted molar refractivity (Wildman–Crippen MR) is 108 cm³/mol. The number of benzene rings is 3. The van der Waals surface area contributed by atoms with E-state index in [4.69, 9.17) is 0 Å². The van der Waals surface area contributed by atoms with Gasteiger partial charge in [0.1, 0.15) is 11.9 Å². The molecular formula is C24H24FN2O+. The van der Waals surface area contributed by atoms with E-state index in [-0.39, 0.29) is 17.5 Å². The van der Waals surface area contributed by atoms with Crippen LogP contribution in [-0.4, -0.2) is 37.0 Å². The number of hydrogen-bond acceptors (Lipinski definition) is 1. The number of nitrogens with zero attached hydrogens (tertiary/aromatic N) is 1. The van der Waals surface area contributed by atoms with E-state index in [2.05, 4.69) is 48.5 Å². The zero-order chi connectivity index (χ0) is 19.3. The van der Waals surface area contributed by atoms with Crippen molar-refractivity contribution in [3.63, 3.8) is 0 Å². The molecule has 0 unspecified atom stereocenters. The summed E-state index contributed by atoms with van der Waals surface area (Å²) >= 11 is 0. The molecule has 1 heterocycles. The van der Waals surface area contributed by atoms with Gasteiger partial charge in [-0.25, -0.2) is 4.39 Å². The van der Waals surface area contributed by atoms with E-state index in [1.165, 1.54) is 22.1 Å². The van der Waals surface area contributed by atoms with Gasteiger partial charge in [-0.3, -0.25) is 4.79 Å². The van der Waals surface area contributed by atoms with E-state index >= 15 is 0 Å². The van der Waals surface area contributed by atoms with Gasteiger partial charge in [-0.15, -0.1) is 0 Å². The van der Waals surface area contributed by atoms with Crippen molar-refractivity contribution in [2.45, 2.75) is 6.04 Å². The highest BCUT2D eigenvalue weighted by atomic mass is 19.1. The van der Waals surface area contributed by atoms with Gasteiger partial charge in [-0.2, -0.15) is 0 Å². The fourth-order valence-electron chi connectivity index (χ4n) is 4.05. The van der Waals surface area contributed by atoms with Crippen LogP contribution in [0.15, 0.2) is 84.9 Å². The molecule has 1 fully saturated rings. The first-order valence-corrected chi connectivity index (χ1v) is 9.72. The Hall–Kier alpha value is -2.98. The third-order valence-electron chi connectivity index (χ3n) is 5.47. The maximum absolute atomic E-state index is 14.0. The van der Waals surface area contributed by atoms with Crippen LogP contribution in [0.4, 0.5) is 4.39 Å². The van der Waals surface area contributed by atoms with Crippen molar-refractivity contribution in [3.8, 4) is 0 Å². The lowest BCUT2D eigenvalue weighted by Crippen LogP contribution is -3.15. The maximum atomic E-state index is 14.0. The maximum Gasteiger partial charge on any atom is 0.257 e. The number of carbonyl (C=O) groups excluding carboxylic acids is 1. The molecule has 0 radical (unpaired) electrons. The molecule has 0 aromatic heterocycles. The molecule has 0 aliphatic carbocycles. The molecule has 28 heavy (non-hydrogen) atoms. The van der Waals surface area contributed by atoms with Crippen molar-refractivity contribution in [2.24, 2.45) is 0 Å². The number of carbonyl (C=O) groups is 1. The summed E-state index contributed by atoms with van der Waals surface area (Å²) in [5.74, 6) is -0.665. The second-order valence-corrected chi connectivity index (χ2v) is 7.18. The third-order valence-corrected chi connectivity index (χ3v) is 5.47. The molecule has 0 saturated carbocycles. The molecule has 0 spiro atoms. The highest BCUT2D eigenvalue weighted by Gasteiger charge is 2.32. The SMILES string of the molecule is O=C(c1ccccc1F)N1CC[NH+](C(c2ccccc2)c2ccccc2)CC1. The first kappa shape index (κ1) is 18.4. The minimum absolute atomic E-state index is 0.161. The van der Waals surface area contributed by atoms with E-state index in [0.29, 0.717) is 13.1 Å². The van der Waals surface area contributed by atoms with Crippen molar-refractivity contribution in [2.75, 3.05) is 26.2 Å². The zero-order valence-electron chi connectivity index (χ0n) is 15.7. The predicted octanol–water partition coefficient (Wildman–Crippen LogP) is 2.96. The Morgan fingerprint density at radius 1 is 0.786 bits per heavy atom. The Bertz CT molecular complexity index is 882. The number of quaternary nitrogens is 1. The molecule has 1 amide bonds. The molecule has 1 saturated heterocycles. The van der Waals surface area contributed by atoms with Crippen molar-refractivity contribution in [1.29, 1.82) is 0 Å². The van der Waals surface area contributed by atoms with Crippen molar-refractivity contribution < 1.29 is 14.1 Å². The topological polar surface area (TPSA) is 24.8 Å². The fraction of sp³-hybridized carbons (Fsp3) is 0.208. The lowest BCUT2D eigenvalue weighted by atomic mass is 9.96. The molecule has 1 aliphatic rings. The van der Waals surface area contributed by atoms with Crippen LogP contribution >= 0.6 is 0 Å². The summed E-state index contributed by atoms with van der Waals surface area (Å²) in [6, 6.07) is 27.5. The van der Waals surface area contributed by atoms with E-state index in [1.807, 2.05) is 12.1 Å². The number of amides is 1.